The van der Waals surface area contributed by atoms with E-state index < -0.39 is 0 Å². The molecule has 5 saturated carbocycles. The highest BCUT2D eigenvalue weighted by Crippen LogP contribution is 2.77. The Labute approximate surface area is 256 Å². The van der Waals surface area contributed by atoms with Crippen molar-refractivity contribution >= 4 is 11.5 Å². The van der Waals surface area contributed by atoms with Gasteiger partial charge in [0.25, 0.3) is 0 Å². The number of allylic oxidation sites excluding steroid dienone is 2. The lowest BCUT2D eigenvalue weighted by Crippen LogP contribution is -2.67. The summed E-state index contributed by atoms with van der Waals surface area (Å²) in [5, 5.41) is 4.01. The fraction of sp³-hybridized carbons (Fsp3) is 0.769. The molecule has 0 aliphatic heterocycles. The van der Waals surface area contributed by atoms with Gasteiger partial charge in [0.1, 0.15) is 0 Å². The van der Waals surface area contributed by atoms with Gasteiger partial charge in [-0.1, -0.05) is 59.8 Å². The molecule has 0 heterocycles. The predicted molar refractivity (Wildman–Crippen MR) is 172 cm³/mol. The van der Waals surface area contributed by atoms with E-state index in [1.54, 1.807) is 0 Å². The second kappa shape index (κ2) is 9.21. The van der Waals surface area contributed by atoms with Crippen molar-refractivity contribution in [3.63, 3.8) is 0 Å². The van der Waals surface area contributed by atoms with Crippen molar-refractivity contribution < 1.29 is 9.53 Å². The first-order valence-corrected chi connectivity index (χ1v) is 17.4. The SMILES string of the molecule is CN[C@]12CC[C@@H](C3(C)CC3)[C@@H]1[C@H]1CC[C@@H]3[C@@]4(C)CC=C(c5ccc(C(=O)OC)cc5)C(C)(C)[C@@H]4CC[C@@]3(C)[C@]1(C)CC2. The van der Waals surface area contributed by atoms with E-state index in [4.69, 9.17) is 4.74 Å². The summed E-state index contributed by atoms with van der Waals surface area (Å²) in [5.74, 6) is 3.84. The summed E-state index contributed by atoms with van der Waals surface area (Å²) in [6.07, 6.45) is 17.9. The Balaban J connectivity index is 1.22. The molecule has 5 fully saturated rings. The van der Waals surface area contributed by atoms with Crippen molar-refractivity contribution in [2.75, 3.05) is 14.2 Å². The van der Waals surface area contributed by atoms with Crippen molar-refractivity contribution in [1.82, 2.24) is 5.32 Å². The third kappa shape index (κ3) is 3.64. The predicted octanol–water partition coefficient (Wildman–Crippen LogP) is 9.32. The molecule has 6 aliphatic carbocycles. The van der Waals surface area contributed by atoms with Crippen LogP contribution in [0, 0.1) is 56.7 Å². The number of carbonyl (C=O) groups excluding carboxylic acids is 1. The van der Waals surface area contributed by atoms with E-state index in [1.165, 1.54) is 88.9 Å². The van der Waals surface area contributed by atoms with Crippen molar-refractivity contribution in [3.05, 3.63) is 41.5 Å². The van der Waals surface area contributed by atoms with Crippen LogP contribution in [0.5, 0.6) is 0 Å². The van der Waals surface area contributed by atoms with Crippen LogP contribution in [0.2, 0.25) is 0 Å². The summed E-state index contributed by atoms with van der Waals surface area (Å²) in [6.45, 7) is 15.9. The summed E-state index contributed by atoms with van der Waals surface area (Å²) < 4.78 is 4.96. The van der Waals surface area contributed by atoms with Gasteiger partial charge in [-0.2, -0.15) is 0 Å². The van der Waals surface area contributed by atoms with E-state index >= 15 is 0 Å². The molecule has 1 N–H and O–H groups in total. The fourth-order valence-corrected chi connectivity index (χ4v) is 13.4. The van der Waals surface area contributed by atoms with Gasteiger partial charge in [0.2, 0.25) is 0 Å². The number of hydrogen-bond donors (Lipinski definition) is 1. The molecule has 1 aromatic carbocycles. The summed E-state index contributed by atoms with van der Waals surface area (Å²) in [6, 6.07) is 8.18. The molecular weight excluding hydrogens is 514 g/mol. The molecule has 0 amide bonds. The number of rotatable bonds is 4. The van der Waals surface area contributed by atoms with Crippen LogP contribution in [0.4, 0.5) is 0 Å². The Kier molecular flexibility index (Phi) is 6.39. The molecule has 0 saturated heterocycles. The lowest BCUT2D eigenvalue weighted by Gasteiger charge is -2.72. The zero-order valence-corrected chi connectivity index (χ0v) is 27.9. The summed E-state index contributed by atoms with van der Waals surface area (Å²) in [7, 11) is 3.75. The Bertz CT molecular complexity index is 1290. The van der Waals surface area contributed by atoms with Gasteiger partial charge >= 0.3 is 5.97 Å². The number of nitrogens with one attached hydrogen (secondary N) is 1. The number of benzene rings is 1. The van der Waals surface area contributed by atoms with Crippen LogP contribution in [-0.4, -0.2) is 25.7 Å². The molecule has 0 aromatic heterocycles. The van der Waals surface area contributed by atoms with Gasteiger partial charge < -0.3 is 10.1 Å². The van der Waals surface area contributed by atoms with Crippen molar-refractivity contribution in [2.24, 2.45) is 56.7 Å². The van der Waals surface area contributed by atoms with Gasteiger partial charge in [-0.3, -0.25) is 0 Å². The van der Waals surface area contributed by atoms with Gasteiger partial charge in [0.05, 0.1) is 12.7 Å². The molecule has 1 aromatic rings. The van der Waals surface area contributed by atoms with Gasteiger partial charge in [-0.25, -0.2) is 4.79 Å². The summed E-state index contributed by atoms with van der Waals surface area (Å²) in [4.78, 5) is 12.1. The summed E-state index contributed by atoms with van der Waals surface area (Å²) in [5.41, 5.74) is 5.66. The smallest absolute Gasteiger partial charge is 0.337 e. The lowest BCUT2D eigenvalue weighted by molar-refractivity contribution is -0.221. The number of ether oxygens (including phenoxy) is 1. The van der Waals surface area contributed by atoms with E-state index in [2.05, 4.69) is 72.1 Å². The molecule has 9 atom stereocenters. The van der Waals surface area contributed by atoms with Gasteiger partial charge in [-0.05, 0) is 158 Å². The van der Waals surface area contributed by atoms with E-state index in [-0.39, 0.29) is 11.4 Å². The van der Waals surface area contributed by atoms with Gasteiger partial charge in [0, 0.05) is 5.54 Å². The molecule has 0 bridgehead atoms. The molecule has 6 aliphatic rings. The van der Waals surface area contributed by atoms with Crippen molar-refractivity contribution in [1.29, 1.82) is 0 Å². The molecule has 3 heteroatoms. The molecule has 3 nitrogen and oxygen atoms in total. The number of esters is 1. The molecule has 0 radical (unpaired) electrons. The van der Waals surface area contributed by atoms with Crippen LogP contribution < -0.4 is 5.32 Å². The average molecular weight is 572 g/mol. The van der Waals surface area contributed by atoms with Crippen LogP contribution in [0.15, 0.2) is 30.3 Å². The summed E-state index contributed by atoms with van der Waals surface area (Å²) >= 11 is 0. The Hall–Kier alpha value is -1.61. The first-order chi connectivity index (χ1) is 19.8. The van der Waals surface area contributed by atoms with Gasteiger partial charge in [-0.15, -0.1) is 0 Å². The Morgan fingerprint density at radius 2 is 1.50 bits per heavy atom. The lowest BCUT2D eigenvalue weighted by atomic mass is 9.32. The number of fused-ring (bicyclic) bond motifs is 7. The molecule has 42 heavy (non-hydrogen) atoms. The first-order valence-electron chi connectivity index (χ1n) is 17.4. The molecule has 230 valence electrons. The normalized spacial score (nSPS) is 46.4. The average Bonchev–Trinajstić information content (AvgIpc) is 3.58. The standard InChI is InChI=1S/C39H57NO2/c1-34(2)27(25-9-11-26(12-10-25)33(41)42-8)15-18-36(4)30(34)17-19-38(6)31(36)14-13-29-32-28(35(3)21-22-35)16-20-39(32,40-7)24-23-37(29,38)5/h9-12,15,28-32,40H,13-14,16-24H2,1-8H3/t28-,29-,30+,31-,32-,36+,37-,38-,39+/m1/s1. The molecule has 0 spiro atoms. The maximum atomic E-state index is 12.1. The van der Waals surface area contributed by atoms with Crippen LogP contribution in [0.25, 0.3) is 5.57 Å². The van der Waals surface area contributed by atoms with Crippen LogP contribution in [-0.2, 0) is 4.74 Å². The Morgan fingerprint density at radius 1 is 0.786 bits per heavy atom. The van der Waals surface area contributed by atoms with Gasteiger partial charge in [0.15, 0.2) is 0 Å². The second-order valence-electron chi connectivity index (χ2n) is 17.5. The maximum Gasteiger partial charge on any atom is 0.337 e. The largest absolute Gasteiger partial charge is 0.465 e. The topological polar surface area (TPSA) is 38.3 Å². The van der Waals surface area contributed by atoms with Crippen molar-refractivity contribution in [3.8, 4) is 0 Å². The number of methoxy groups -OCH3 is 1. The minimum absolute atomic E-state index is 0.101. The number of carbonyl (C=O) groups is 1. The molecule has 7 rings (SSSR count). The van der Waals surface area contributed by atoms with Crippen molar-refractivity contribution in [2.45, 2.75) is 118 Å². The van der Waals surface area contributed by atoms with Crippen LogP contribution in [0.1, 0.15) is 128 Å². The number of hydrogen-bond acceptors (Lipinski definition) is 3. The van der Waals surface area contributed by atoms with Crippen LogP contribution >= 0.6 is 0 Å². The highest BCUT2D eigenvalue weighted by molar-refractivity contribution is 5.89. The molecular formula is C39H57NO2. The highest BCUT2D eigenvalue weighted by Gasteiger charge is 2.71. The third-order valence-electron chi connectivity index (χ3n) is 16.1. The maximum absolute atomic E-state index is 12.1. The second-order valence-corrected chi connectivity index (χ2v) is 17.5. The zero-order valence-electron chi connectivity index (χ0n) is 27.9. The minimum atomic E-state index is -0.258. The first kappa shape index (κ1) is 29.1. The van der Waals surface area contributed by atoms with E-state index in [0.717, 1.165) is 23.7 Å². The monoisotopic (exact) mass is 571 g/mol. The van der Waals surface area contributed by atoms with E-state index in [9.17, 15) is 4.79 Å². The van der Waals surface area contributed by atoms with Crippen LogP contribution in [0.3, 0.4) is 0 Å². The molecule has 0 unspecified atom stereocenters. The zero-order chi connectivity index (χ0) is 29.9. The fourth-order valence-electron chi connectivity index (χ4n) is 13.4. The minimum Gasteiger partial charge on any atom is -0.465 e. The highest BCUT2D eigenvalue weighted by atomic mass is 16.5. The Morgan fingerprint density at radius 3 is 2.14 bits per heavy atom. The quantitative estimate of drug-likeness (QED) is 0.366. The van der Waals surface area contributed by atoms with E-state index in [1.807, 2.05) is 12.1 Å². The van der Waals surface area contributed by atoms with E-state index in [0.29, 0.717) is 38.7 Å². The third-order valence-corrected chi connectivity index (χ3v) is 16.1.